The molecule has 0 fully saturated rings. The molecule has 9 heteroatoms. The quantitative estimate of drug-likeness (QED) is 0.360. The summed E-state index contributed by atoms with van der Waals surface area (Å²) in [5, 5.41) is 27.1. The number of nitrogens with one attached hydrogen (secondary N) is 1. The number of nitrogens with two attached hydrogens (primary N) is 1. The van der Waals surface area contributed by atoms with Crippen LogP contribution in [-0.2, 0) is 9.59 Å². The van der Waals surface area contributed by atoms with Crippen molar-refractivity contribution in [3.8, 4) is 0 Å². The van der Waals surface area contributed by atoms with E-state index in [1.807, 2.05) is 0 Å². The van der Waals surface area contributed by atoms with Gasteiger partial charge in [0.2, 0.25) is 0 Å². The molecule has 0 rings (SSSR count). The van der Waals surface area contributed by atoms with E-state index in [9.17, 15) is 4.79 Å². The zero-order valence-corrected chi connectivity index (χ0v) is 13.3. The number of likely N-dealkylation sites (N-methyl/N-ethyl adjacent to an activating group) is 1. The second kappa shape index (κ2) is 24.2. The van der Waals surface area contributed by atoms with Gasteiger partial charge in [0.15, 0.2) is 0 Å². The molecule has 0 aliphatic rings. The normalized spacial score (nSPS) is 7.00. The monoisotopic (exact) mass is 240 g/mol. The summed E-state index contributed by atoms with van der Waals surface area (Å²) in [5.74, 6) is -2.04. The summed E-state index contributed by atoms with van der Waals surface area (Å²) in [6.45, 7) is -0.347. The third-order valence-electron chi connectivity index (χ3n) is 0.495. The summed E-state index contributed by atoms with van der Waals surface area (Å²) >= 11 is 0.924. The van der Waals surface area contributed by atoms with Crippen LogP contribution in [0.4, 0.5) is 0 Å². The third-order valence-corrected chi connectivity index (χ3v) is 0.495. The van der Waals surface area contributed by atoms with Crippen molar-refractivity contribution in [2.75, 3.05) is 24.0 Å². The van der Waals surface area contributed by atoms with Crippen LogP contribution < -0.4 is 45.7 Å². The summed E-state index contributed by atoms with van der Waals surface area (Å²) in [4.78, 5) is 18.7. The maximum absolute atomic E-state index is 9.54. The summed E-state index contributed by atoms with van der Waals surface area (Å²) in [5.41, 5.74) is 4.51. The first-order valence-electron chi connectivity index (χ1n) is 3.83. The number of carboxylic acids is 2. The molecule has 0 spiro atoms. The summed E-state index contributed by atoms with van der Waals surface area (Å²) < 4.78 is 0.389. The largest absolute Gasteiger partial charge is 1.00 e. The second-order valence-electron chi connectivity index (χ2n) is 1.82. The van der Waals surface area contributed by atoms with Crippen LogP contribution in [-0.4, -0.2) is 74.1 Å². The number of aliphatic hydroxyl groups excluding tert-OH is 1. The summed E-state index contributed by atoms with van der Waals surface area (Å²) in [6.07, 6.45) is 0. The number of hydrogen-bond acceptors (Lipinski definition) is 6. The molecule has 15 heavy (non-hydrogen) atoms. The minimum atomic E-state index is -1.22. The Morgan fingerprint density at radius 2 is 1.80 bits per heavy atom. The van der Waals surface area contributed by atoms with Crippen molar-refractivity contribution in [3.05, 3.63) is 0 Å². The van der Waals surface area contributed by atoms with Crippen LogP contribution in [0.5, 0.6) is 0 Å². The van der Waals surface area contributed by atoms with Crippen LogP contribution in [0.15, 0.2) is 0 Å². The number of hydrogen-bond donors (Lipinski definition) is 4. The smallest absolute Gasteiger partial charge is 1.00 e. The van der Waals surface area contributed by atoms with Gasteiger partial charge in [-0.1, -0.05) is 0 Å². The Kier molecular flexibility index (Phi) is 40.1. The maximum Gasteiger partial charge on any atom is 1.00 e. The maximum atomic E-state index is 9.54. The molecule has 0 amide bonds. The average Bonchev–Trinajstić information content (AvgIpc) is 2.06. The van der Waals surface area contributed by atoms with Crippen molar-refractivity contribution >= 4 is 39.9 Å². The number of aliphatic carboxylic acids is 2. The van der Waals surface area contributed by atoms with Crippen molar-refractivity contribution in [2.45, 2.75) is 0 Å². The average molecular weight is 240 g/mol. The van der Waals surface area contributed by atoms with E-state index >= 15 is 0 Å². The predicted molar refractivity (Wildman–Crippen MR) is 48.5 cm³/mol. The fraction of sp³-hybridized carbons (Fsp3) is 0.667. The van der Waals surface area contributed by atoms with Crippen molar-refractivity contribution < 1.29 is 54.5 Å². The van der Waals surface area contributed by atoms with Gasteiger partial charge in [-0.15, -0.1) is 0 Å². The van der Waals surface area contributed by atoms with Gasteiger partial charge in [-0.3, -0.25) is 4.79 Å². The minimum Gasteiger partial charge on any atom is 1.00 e. The third kappa shape index (κ3) is 71.9. The molecule has 5 N–H and O–H groups in total. The van der Waals surface area contributed by atoms with Crippen molar-refractivity contribution in [1.82, 2.24) is 5.32 Å². The first-order valence-corrected chi connectivity index (χ1v) is 5.24. The number of carbonyl (C=O) groups is 2. The molecule has 0 atom stereocenters. The van der Waals surface area contributed by atoms with Gasteiger partial charge in [-0.2, -0.15) is 0 Å². The number of carbonyl (C=O) groups excluding carboxylic acids is 1. The Morgan fingerprint density at radius 3 is 1.80 bits per heavy atom. The Labute approximate surface area is 128 Å². The molecule has 7 nitrogen and oxygen atoms in total. The topological polar surface area (TPSA) is 136 Å². The van der Waals surface area contributed by atoms with Gasteiger partial charge >= 0.3 is 72.4 Å². The molecule has 0 aromatic heterocycles. The van der Waals surface area contributed by atoms with Crippen LogP contribution in [0.2, 0.25) is 0 Å². The van der Waals surface area contributed by atoms with E-state index in [0.717, 1.165) is 27.9 Å². The molecule has 0 saturated heterocycles. The molecule has 0 heterocycles. The second-order valence-corrected chi connectivity index (χ2v) is 2.45. The Bertz CT molecular complexity index is 147. The van der Waals surface area contributed by atoms with Crippen LogP contribution in [0.25, 0.3) is 0 Å². The fourth-order valence-electron chi connectivity index (χ4n) is 0.151. The molecule has 80 valence electrons. The Balaban J connectivity index is -0.0000000617. The van der Waals surface area contributed by atoms with E-state index in [2.05, 4.69) is 11.1 Å². The van der Waals surface area contributed by atoms with Gasteiger partial charge in [-0.05, 0) is 7.05 Å². The van der Waals surface area contributed by atoms with Gasteiger partial charge in [-0.25, -0.2) is 0 Å². The van der Waals surface area contributed by atoms with Crippen LogP contribution in [0.1, 0.15) is 0 Å². The van der Waals surface area contributed by atoms with Crippen LogP contribution in [0, 0.1) is 0 Å². The van der Waals surface area contributed by atoms with E-state index < -0.39 is 11.9 Å². The van der Waals surface area contributed by atoms with Gasteiger partial charge in [0.25, 0.3) is 0 Å². The zero-order valence-electron chi connectivity index (χ0n) is 9.32. The van der Waals surface area contributed by atoms with Crippen molar-refractivity contribution in [1.29, 1.82) is 0 Å². The molecule has 0 unspecified atom stereocenters. The van der Waals surface area contributed by atoms with Crippen LogP contribution in [0.3, 0.4) is 0 Å². The van der Waals surface area contributed by atoms with E-state index in [4.69, 9.17) is 20.1 Å². The van der Waals surface area contributed by atoms with Crippen LogP contribution >= 0.6 is 0 Å². The molecule has 0 bridgehead atoms. The molecular formula is C6H14N2Na2O5. The molecular weight excluding hydrogens is 226 g/mol. The first-order chi connectivity index (χ1) is 6.45. The first kappa shape index (κ1) is 24.9. The van der Waals surface area contributed by atoms with Gasteiger partial charge in [0.1, 0.15) is 0 Å². The number of aliphatic hydroxyl groups is 1. The van der Waals surface area contributed by atoms with Gasteiger partial charge < -0.3 is 26.1 Å². The molecule has 0 radical (unpaired) electrons. The van der Waals surface area contributed by atoms with E-state index in [-0.39, 0.29) is 42.6 Å². The summed E-state index contributed by atoms with van der Waals surface area (Å²) in [7, 11) is 1.59. The Hall–Kier alpha value is 0.820. The SMILES string of the molecule is CNCC(=O)O.NCC(=O)[O-].O[CH2][Na].[Na+]. The predicted octanol–water partition coefficient (Wildman–Crippen LogP) is -6.91. The van der Waals surface area contributed by atoms with E-state index in [1.165, 1.54) is 0 Å². The number of carboxylic acid groups (broad SMARTS) is 2. The molecule has 0 saturated carbocycles. The molecule has 0 aromatic carbocycles. The number of rotatable bonds is 3. The standard InChI is InChI=1S/C3H7NO2.C2H5NO2.CH3O.2Na/c1-4-2-3(5)6;3-1-2(4)5;1-2;;/h4H,2H2,1H3,(H,5,6);1,3H2,(H,4,5);2H,1H2;;/q;;;;+1/p-1. The van der Waals surface area contributed by atoms with E-state index in [1.54, 1.807) is 7.05 Å². The zero-order chi connectivity index (χ0) is 12.0. The van der Waals surface area contributed by atoms with Crippen molar-refractivity contribution in [3.63, 3.8) is 0 Å². The van der Waals surface area contributed by atoms with Gasteiger partial charge in [0, 0.05) is 6.54 Å². The van der Waals surface area contributed by atoms with Crippen molar-refractivity contribution in [2.24, 2.45) is 5.73 Å². The molecule has 0 aliphatic carbocycles. The Morgan fingerprint density at radius 1 is 1.53 bits per heavy atom. The summed E-state index contributed by atoms with van der Waals surface area (Å²) in [6, 6.07) is 0. The van der Waals surface area contributed by atoms with Gasteiger partial charge in [0.05, 0.1) is 12.5 Å². The minimum absolute atomic E-state index is 0. The fourth-order valence-corrected chi connectivity index (χ4v) is 0.151. The van der Waals surface area contributed by atoms with E-state index in [0.29, 0.717) is 3.86 Å². The molecule has 0 aromatic rings. The molecule has 0 aliphatic heterocycles.